The monoisotopic (exact) mass is 195 g/mol. The molecule has 0 rings (SSSR count). The fourth-order valence-corrected chi connectivity index (χ4v) is 0.591. The SMILES string of the molecule is C=C/C=C(\C)C/C=C\C=N.CC.CC. The molecule has 0 atom stereocenters. The van der Waals surface area contributed by atoms with Crippen LogP contribution in [0.3, 0.4) is 0 Å². The summed E-state index contributed by atoms with van der Waals surface area (Å²) in [5, 5.41) is 6.70. The summed E-state index contributed by atoms with van der Waals surface area (Å²) in [6, 6.07) is 0. The Hall–Kier alpha value is -1.11. The summed E-state index contributed by atoms with van der Waals surface area (Å²) in [5.41, 5.74) is 1.26. The molecule has 0 aliphatic rings. The lowest BCUT2D eigenvalue weighted by molar-refractivity contribution is 1.21. The highest BCUT2D eigenvalue weighted by Crippen LogP contribution is 1.99. The van der Waals surface area contributed by atoms with Gasteiger partial charge in [-0.1, -0.05) is 58.1 Å². The molecule has 82 valence electrons. The first-order valence-corrected chi connectivity index (χ1v) is 5.25. The van der Waals surface area contributed by atoms with Crippen LogP contribution < -0.4 is 0 Å². The van der Waals surface area contributed by atoms with Crippen molar-refractivity contribution in [3.8, 4) is 0 Å². The third-order valence-electron chi connectivity index (χ3n) is 1.07. The summed E-state index contributed by atoms with van der Waals surface area (Å²) in [5.74, 6) is 0. The highest BCUT2D eigenvalue weighted by Gasteiger charge is 1.79. The van der Waals surface area contributed by atoms with Gasteiger partial charge in [-0.05, 0) is 19.4 Å². The average Bonchev–Trinajstić information content (AvgIpc) is 2.25. The van der Waals surface area contributed by atoms with Gasteiger partial charge in [0.1, 0.15) is 0 Å². The summed E-state index contributed by atoms with van der Waals surface area (Å²) < 4.78 is 0. The minimum absolute atomic E-state index is 0.904. The predicted molar refractivity (Wildman–Crippen MR) is 69.2 cm³/mol. The van der Waals surface area contributed by atoms with Crippen molar-refractivity contribution in [2.75, 3.05) is 0 Å². The van der Waals surface area contributed by atoms with Crippen LogP contribution in [0.25, 0.3) is 0 Å². The van der Waals surface area contributed by atoms with Gasteiger partial charge in [-0.25, -0.2) is 0 Å². The van der Waals surface area contributed by atoms with Crippen molar-refractivity contribution in [3.63, 3.8) is 0 Å². The van der Waals surface area contributed by atoms with Crippen LogP contribution in [0, 0.1) is 5.41 Å². The van der Waals surface area contributed by atoms with Gasteiger partial charge in [0.15, 0.2) is 0 Å². The molecule has 0 spiro atoms. The van der Waals surface area contributed by atoms with Crippen molar-refractivity contribution in [2.45, 2.75) is 41.0 Å². The van der Waals surface area contributed by atoms with E-state index < -0.39 is 0 Å². The molecule has 0 saturated carbocycles. The van der Waals surface area contributed by atoms with Gasteiger partial charge in [0.25, 0.3) is 0 Å². The van der Waals surface area contributed by atoms with Gasteiger partial charge in [0.2, 0.25) is 0 Å². The fourth-order valence-electron chi connectivity index (χ4n) is 0.591. The van der Waals surface area contributed by atoms with Gasteiger partial charge in [-0.3, -0.25) is 0 Å². The Bertz CT molecular complexity index is 164. The van der Waals surface area contributed by atoms with E-state index in [0.29, 0.717) is 0 Å². The Morgan fingerprint density at radius 3 is 2.07 bits per heavy atom. The maximum Gasteiger partial charge on any atom is 0.0174 e. The van der Waals surface area contributed by atoms with Gasteiger partial charge in [-0.15, -0.1) is 0 Å². The lowest BCUT2D eigenvalue weighted by Crippen LogP contribution is -1.70. The molecule has 0 saturated heterocycles. The Balaban J connectivity index is -0.000000266. The molecule has 1 nitrogen and oxygen atoms in total. The van der Waals surface area contributed by atoms with Crippen molar-refractivity contribution in [1.29, 1.82) is 5.41 Å². The largest absolute Gasteiger partial charge is 0.309 e. The molecule has 0 fully saturated rings. The van der Waals surface area contributed by atoms with E-state index in [9.17, 15) is 0 Å². The summed E-state index contributed by atoms with van der Waals surface area (Å²) in [7, 11) is 0. The number of rotatable bonds is 4. The number of hydrogen-bond donors (Lipinski definition) is 1. The molecule has 0 bridgehead atoms. The Kier molecular flexibility index (Phi) is 30.1. The Labute approximate surface area is 89.7 Å². The van der Waals surface area contributed by atoms with E-state index in [4.69, 9.17) is 5.41 Å². The molecule has 0 aliphatic carbocycles. The van der Waals surface area contributed by atoms with Gasteiger partial charge >= 0.3 is 0 Å². The summed E-state index contributed by atoms with van der Waals surface area (Å²) in [6.07, 6.45) is 9.59. The van der Waals surface area contributed by atoms with Crippen molar-refractivity contribution < 1.29 is 0 Å². The van der Waals surface area contributed by atoms with E-state index in [2.05, 4.69) is 6.58 Å². The third-order valence-corrected chi connectivity index (χ3v) is 1.07. The maximum atomic E-state index is 6.70. The molecular weight excluding hydrogens is 170 g/mol. The second kappa shape index (κ2) is 22.7. The van der Waals surface area contributed by atoms with Gasteiger partial charge < -0.3 is 5.41 Å². The van der Waals surface area contributed by atoms with Crippen LogP contribution in [-0.4, -0.2) is 6.21 Å². The molecule has 0 aromatic rings. The lowest BCUT2D eigenvalue weighted by Gasteiger charge is -1.89. The van der Waals surface area contributed by atoms with Crippen molar-refractivity contribution >= 4 is 6.21 Å². The smallest absolute Gasteiger partial charge is 0.0174 e. The van der Waals surface area contributed by atoms with E-state index in [1.54, 1.807) is 12.2 Å². The zero-order chi connectivity index (χ0) is 11.8. The Morgan fingerprint density at radius 2 is 1.71 bits per heavy atom. The van der Waals surface area contributed by atoms with Crippen LogP contribution in [0.5, 0.6) is 0 Å². The first-order valence-electron chi connectivity index (χ1n) is 5.25. The summed E-state index contributed by atoms with van der Waals surface area (Å²) in [4.78, 5) is 0. The highest BCUT2D eigenvalue weighted by atomic mass is 14.3. The van der Waals surface area contributed by atoms with Crippen molar-refractivity contribution in [3.05, 3.63) is 36.5 Å². The molecule has 1 heteroatoms. The van der Waals surface area contributed by atoms with E-state index in [1.807, 2.05) is 46.8 Å². The Morgan fingerprint density at radius 1 is 1.21 bits per heavy atom. The van der Waals surface area contributed by atoms with E-state index in [1.165, 1.54) is 11.8 Å². The third kappa shape index (κ3) is 22.4. The zero-order valence-electron chi connectivity index (χ0n) is 10.3. The van der Waals surface area contributed by atoms with Crippen LogP contribution in [-0.2, 0) is 0 Å². The zero-order valence-corrected chi connectivity index (χ0v) is 10.3. The summed E-state index contributed by atoms with van der Waals surface area (Å²) >= 11 is 0. The topological polar surface area (TPSA) is 23.9 Å². The van der Waals surface area contributed by atoms with E-state index in [0.717, 1.165) is 6.42 Å². The van der Waals surface area contributed by atoms with E-state index in [-0.39, 0.29) is 0 Å². The lowest BCUT2D eigenvalue weighted by atomic mass is 10.2. The van der Waals surface area contributed by atoms with Crippen LogP contribution in [0.2, 0.25) is 0 Å². The number of hydrogen-bond acceptors (Lipinski definition) is 1. The molecular formula is C13H25N. The minimum Gasteiger partial charge on any atom is -0.309 e. The maximum absolute atomic E-state index is 6.70. The molecule has 0 aromatic carbocycles. The first-order chi connectivity index (χ1) is 6.81. The van der Waals surface area contributed by atoms with Crippen LogP contribution in [0.4, 0.5) is 0 Å². The second-order valence-electron chi connectivity index (χ2n) is 2.05. The van der Waals surface area contributed by atoms with Gasteiger partial charge in [0.05, 0.1) is 0 Å². The second-order valence-corrected chi connectivity index (χ2v) is 2.05. The molecule has 0 aromatic heterocycles. The number of allylic oxidation sites excluding steroid dienone is 5. The quantitative estimate of drug-likeness (QED) is 0.493. The van der Waals surface area contributed by atoms with Crippen LogP contribution >= 0.6 is 0 Å². The predicted octanol–water partition coefficient (Wildman–Crippen LogP) is 4.77. The molecule has 0 radical (unpaired) electrons. The van der Waals surface area contributed by atoms with Gasteiger partial charge in [-0.2, -0.15) is 0 Å². The number of nitrogens with one attached hydrogen (secondary N) is 1. The average molecular weight is 195 g/mol. The molecule has 1 N–H and O–H groups in total. The van der Waals surface area contributed by atoms with Crippen LogP contribution in [0.15, 0.2) is 36.5 Å². The van der Waals surface area contributed by atoms with Gasteiger partial charge in [0, 0.05) is 6.21 Å². The molecule has 0 aliphatic heterocycles. The molecule has 0 unspecified atom stereocenters. The van der Waals surface area contributed by atoms with Crippen molar-refractivity contribution in [2.24, 2.45) is 0 Å². The molecule has 14 heavy (non-hydrogen) atoms. The van der Waals surface area contributed by atoms with Crippen molar-refractivity contribution in [1.82, 2.24) is 0 Å². The molecule has 0 amide bonds. The highest BCUT2D eigenvalue weighted by molar-refractivity contribution is 5.67. The minimum atomic E-state index is 0.904. The first kappa shape index (κ1) is 18.6. The van der Waals surface area contributed by atoms with E-state index >= 15 is 0 Å². The standard InChI is InChI=1S/C9H13N.2C2H6/c1-3-6-9(2)7-4-5-8-10;2*1-2/h3-6,8,10H,1,7H2,2H3;2*1-2H3/b5-4-,9-6+,10-8?;;. The normalized spacial score (nSPS) is 9.36. The van der Waals surface area contributed by atoms with Crippen LogP contribution in [0.1, 0.15) is 41.0 Å². The molecule has 0 heterocycles. The summed E-state index contributed by atoms with van der Waals surface area (Å²) in [6.45, 7) is 13.6. The fraction of sp³-hybridized carbons (Fsp3) is 0.462.